The number of likely N-dealkylation sites (N-methyl/N-ethyl adjacent to an activating group) is 1. The van der Waals surface area contributed by atoms with E-state index in [0.717, 1.165) is 67.9 Å². The number of nitrogens with zero attached hydrogens (tertiary/aromatic N) is 6. The Hall–Kier alpha value is -3.45. The molecule has 2 fully saturated rings. The topological polar surface area (TPSA) is 55.8 Å². The first-order chi connectivity index (χ1) is 17.1. The molecule has 5 rings (SSSR count). The third kappa shape index (κ3) is 5.30. The summed E-state index contributed by atoms with van der Waals surface area (Å²) < 4.78 is 0. The van der Waals surface area contributed by atoms with Gasteiger partial charge in [0.15, 0.2) is 0 Å². The number of anilines is 2. The number of benzene rings is 2. The normalized spacial score (nSPS) is 17.2. The molecule has 2 aliphatic rings. The lowest BCUT2D eigenvalue weighted by molar-refractivity contribution is -0.132. The fourth-order valence-corrected chi connectivity index (χ4v) is 5.00. The standard InChI is InChI=1S/C28H34N6O/c1-22-29-25(32-15-13-31(2)14-16-32)21-26(30-22)33-17-19-34(20-18-33)28(35)27(23-9-5-3-6-10-23)24-11-7-4-8-12-24/h3-12,21,27H,13-20H2,1-2H3. The average Bonchev–Trinajstić information content (AvgIpc) is 2.90. The second-order valence-corrected chi connectivity index (χ2v) is 9.49. The van der Waals surface area contributed by atoms with Gasteiger partial charge in [0.25, 0.3) is 0 Å². The number of amides is 1. The minimum Gasteiger partial charge on any atom is -0.354 e. The van der Waals surface area contributed by atoms with Gasteiger partial charge in [0.05, 0.1) is 5.92 Å². The summed E-state index contributed by atoms with van der Waals surface area (Å²) in [7, 11) is 2.16. The van der Waals surface area contributed by atoms with E-state index in [1.807, 2.05) is 48.2 Å². The summed E-state index contributed by atoms with van der Waals surface area (Å²) in [5, 5.41) is 0. The van der Waals surface area contributed by atoms with Gasteiger partial charge in [-0.25, -0.2) is 9.97 Å². The molecule has 0 atom stereocenters. The number of rotatable bonds is 5. The van der Waals surface area contributed by atoms with Crippen molar-refractivity contribution >= 4 is 17.5 Å². The molecule has 182 valence electrons. The maximum atomic E-state index is 13.8. The van der Waals surface area contributed by atoms with E-state index in [0.29, 0.717) is 13.1 Å². The smallest absolute Gasteiger partial charge is 0.234 e. The first-order valence-electron chi connectivity index (χ1n) is 12.5. The van der Waals surface area contributed by atoms with Crippen molar-refractivity contribution in [1.29, 1.82) is 0 Å². The van der Waals surface area contributed by atoms with Gasteiger partial charge >= 0.3 is 0 Å². The largest absolute Gasteiger partial charge is 0.354 e. The van der Waals surface area contributed by atoms with Crippen molar-refractivity contribution in [3.8, 4) is 0 Å². The highest BCUT2D eigenvalue weighted by Gasteiger charge is 2.30. The Morgan fingerprint density at radius 1 is 0.714 bits per heavy atom. The summed E-state index contributed by atoms with van der Waals surface area (Å²) in [6.07, 6.45) is 0. The van der Waals surface area contributed by atoms with Crippen LogP contribution in [0.4, 0.5) is 11.6 Å². The molecule has 0 saturated carbocycles. The van der Waals surface area contributed by atoms with Crippen molar-refractivity contribution in [3.63, 3.8) is 0 Å². The molecule has 3 heterocycles. The molecule has 2 aromatic carbocycles. The Morgan fingerprint density at radius 2 is 1.17 bits per heavy atom. The van der Waals surface area contributed by atoms with Gasteiger partial charge in [-0.15, -0.1) is 0 Å². The maximum absolute atomic E-state index is 13.8. The van der Waals surface area contributed by atoms with Crippen molar-refractivity contribution in [1.82, 2.24) is 19.8 Å². The highest BCUT2D eigenvalue weighted by atomic mass is 16.2. The van der Waals surface area contributed by atoms with Crippen LogP contribution < -0.4 is 9.80 Å². The van der Waals surface area contributed by atoms with Crippen LogP contribution in [0.25, 0.3) is 0 Å². The zero-order valence-electron chi connectivity index (χ0n) is 20.7. The highest BCUT2D eigenvalue weighted by molar-refractivity contribution is 5.87. The molecule has 2 aliphatic heterocycles. The zero-order chi connectivity index (χ0) is 24.2. The SMILES string of the molecule is Cc1nc(N2CCN(C)CC2)cc(N2CCN(C(=O)C(c3ccccc3)c3ccccc3)CC2)n1. The van der Waals surface area contributed by atoms with Crippen LogP contribution in [0.3, 0.4) is 0 Å². The molecule has 1 amide bonds. The molecule has 0 bridgehead atoms. The van der Waals surface area contributed by atoms with Crippen molar-refractivity contribution < 1.29 is 4.79 Å². The molecule has 0 N–H and O–H groups in total. The summed E-state index contributed by atoms with van der Waals surface area (Å²) in [5.41, 5.74) is 2.07. The molecule has 0 spiro atoms. The quantitative estimate of drug-likeness (QED) is 0.572. The average molecular weight is 471 g/mol. The third-order valence-electron chi connectivity index (χ3n) is 7.07. The van der Waals surface area contributed by atoms with Crippen molar-refractivity contribution in [2.45, 2.75) is 12.8 Å². The van der Waals surface area contributed by atoms with E-state index < -0.39 is 0 Å². The van der Waals surface area contributed by atoms with Crippen LogP contribution in [-0.4, -0.2) is 85.1 Å². The molecular weight excluding hydrogens is 436 g/mol. The first kappa shape index (κ1) is 23.3. The molecule has 0 aliphatic carbocycles. The lowest BCUT2D eigenvalue weighted by atomic mass is 9.90. The molecule has 2 saturated heterocycles. The van der Waals surface area contributed by atoms with Gasteiger partial charge in [0.1, 0.15) is 17.5 Å². The number of aromatic nitrogens is 2. The first-order valence-corrected chi connectivity index (χ1v) is 12.5. The molecule has 7 nitrogen and oxygen atoms in total. The van der Waals surface area contributed by atoms with Crippen LogP contribution in [0.1, 0.15) is 22.9 Å². The number of aryl methyl sites for hydroxylation is 1. The number of hydrogen-bond acceptors (Lipinski definition) is 6. The van der Waals surface area contributed by atoms with Crippen LogP contribution >= 0.6 is 0 Å². The zero-order valence-corrected chi connectivity index (χ0v) is 20.7. The van der Waals surface area contributed by atoms with Gasteiger partial charge in [0, 0.05) is 58.4 Å². The Balaban J connectivity index is 1.30. The van der Waals surface area contributed by atoms with Crippen molar-refractivity contribution in [2.24, 2.45) is 0 Å². The van der Waals surface area contributed by atoms with Crippen molar-refractivity contribution in [2.75, 3.05) is 69.2 Å². The summed E-state index contributed by atoms with van der Waals surface area (Å²) >= 11 is 0. The minimum absolute atomic E-state index is 0.166. The number of hydrogen-bond donors (Lipinski definition) is 0. The van der Waals surface area contributed by atoms with E-state index in [9.17, 15) is 4.79 Å². The summed E-state index contributed by atoms with van der Waals surface area (Å²) in [6, 6.07) is 22.3. The van der Waals surface area contributed by atoms with E-state index in [-0.39, 0.29) is 11.8 Å². The Morgan fingerprint density at radius 3 is 1.66 bits per heavy atom. The molecule has 3 aromatic rings. The fourth-order valence-electron chi connectivity index (χ4n) is 5.00. The van der Waals surface area contributed by atoms with Gasteiger partial charge < -0.3 is 19.6 Å². The lowest BCUT2D eigenvalue weighted by Gasteiger charge is -2.38. The minimum atomic E-state index is -0.283. The molecule has 35 heavy (non-hydrogen) atoms. The Kier molecular flexibility index (Phi) is 6.95. The molecule has 1 aromatic heterocycles. The van der Waals surface area contributed by atoms with Gasteiger partial charge in [0.2, 0.25) is 5.91 Å². The second-order valence-electron chi connectivity index (χ2n) is 9.49. The highest BCUT2D eigenvalue weighted by Crippen LogP contribution is 2.28. The molecule has 0 radical (unpaired) electrons. The summed E-state index contributed by atoms with van der Waals surface area (Å²) in [5.74, 6) is 2.64. The van der Waals surface area contributed by atoms with E-state index in [4.69, 9.17) is 9.97 Å². The predicted octanol–water partition coefficient (Wildman–Crippen LogP) is 3.02. The monoisotopic (exact) mass is 470 g/mol. The van der Waals surface area contributed by atoms with Gasteiger partial charge in [-0.3, -0.25) is 4.79 Å². The van der Waals surface area contributed by atoms with Crippen molar-refractivity contribution in [3.05, 3.63) is 83.7 Å². The van der Waals surface area contributed by atoms with Crippen LogP contribution in [0.5, 0.6) is 0 Å². The van der Waals surface area contributed by atoms with E-state index in [1.165, 1.54) is 0 Å². The predicted molar refractivity (Wildman–Crippen MR) is 140 cm³/mol. The van der Waals surface area contributed by atoms with Crippen LogP contribution in [0.15, 0.2) is 66.7 Å². The molecule has 0 unspecified atom stereocenters. The summed E-state index contributed by atoms with van der Waals surface area (Å²) in [6.45, 7) is 8.91. The van der Waals surface area contributed by atoms with E-state index in [1.54, 1.807) is 0 Å². The number of carbonyl (C=O) groups excluding carboxylic acids is 1. The molecule has 7 heteroatoms. The number of piperazine rings is 2. The fraction of sp³-hybridized carbons (Fsp3) is 0.393. The van der Waals surface area contributed by atoms with Crippen LogP contribution in [-0.2, 0) is 4.79 Å². The van der Waals surface area contributed by atoms with E-state index in [2.05, 4.69) is 52.1 Å². The summed E-state index contributed by atoms with van der Waals surface area (Å²) in [4.78, 5) is 32.2. The van der Waals surface area contributed by atoms with Crippen LogP contribution in [0.2, 0.25) is 0 Å². The van der Waals surface area contributed by atoms with E-state index >= 15 is 0 Å². The number of carbonyl (C=O) groups is 1. The third-order valence-corrected chi connectivity index (χ3v) is 7.07. The Bertz CT molecular complexity index is 1080. The molecular formula is C28H34N6O. The van der Waals surface area contributed by atoms with Gasteiger partial charge in [-0.2, -0.15) is 0 Å². The van der Waals surface area contributed by atoms with Gasteiger partial charge in [-0.05, 0) is 25.1 Å². The maximum Gasteiger partial charge on any atom is 0.234 e. The lowest BCUT2D eigenvalue weighted by Crippen LogP contribution is -2.50. The second kappa shape index (κ2) is 10.4. The van der Waals surface area contributed by atoms with Crippen LogP contribution in [0, 0.1) is 6.92 Å². The van der Waals surface area contributed by atoms with Gasteiger partial charge in [-0.1, -0.05) is 60.7 Å². The Labute approximate surface area is 208 Å².